The number of rotatable bonds is 22. The van der Waals surface area contributed by atoms with E-state index in [4.69, 9.17) is 40.5 Å². The van der Waals surface area contributed by atoms with Crippen LogP contribution in [0, 0.1) is 27.9 Å². The van der Waals surface area contributed by atoms with E-state index in [1.807, 2.05) is 49.4 Å². The summed E-state index contributed by atoms with van der Waals surface area (Å²) in [6.45, 7) is 6.79. The number of alkyl halides is 1. The minimum Gasteiger partial charge on any atom is -0.459 e. The lowest BCUT2D eigenvalue weighted by molar-refractivity contribution is -0.384. The number of fused-ring (bicyclic) bond motifs is 2. The number of carbonyl (C=O) groups excluding carboxylic acids is 1. The molecule has 322 valence electrons. The normalized spacial score (nSPS) is 23.4. The van der Waals surface area contributed by atoms with Gasteiger partial charge in [-0.2, -0.15) is 0 Å². The standard InChI is InChI=1S/C46H56ClN3O10/c1-3-22-49(45(53)56-26-21-47)42-30-40(48-58-31-32-13-6-5-7-14-32)38-27-33(15-8-10-23-51)37(18-9-11-24-52)43-39-29-36(59-35-17-12-16-34(28-35)50(54)55)19-20-41(39)60-46(42,44(38)43)57-25-4-2/h4-7,12-14,16-17,19-20,27-29,33,37,42-44,51-52H,2-3,8-11,15,18,21-26,30-31H2,1H3. The Morgan fingerprint density at radius 2 is 1.82 bits per heavy atom. The number of nitrogens with zero attached hydrogens (tertiary/aromatic N) is 3. The summed E-state index contributed by atoms with van der Waals surface area (Å²) in [5.41, 5.74) is 3.26. The van der Waals surface area contributed by atoms with Gasteiger partial charge >= 0.3 is 6.09 Å². The van der Waals surface area contributed by atoms with Gasteiger partial charge < -0.3 is 34.0 Å². The molecule has 0 radical (unpaired) electrons. The summed E-state index contributed by atoms with van der Waals surface area (Å²) in [6, 6.07) is 20.6. The fourth-order valence-corrected chi connectivity index (χ4v) is 9.17. The van der Waals surface area contributed by atoms with Crippen LogP contribution in [0.5, 0.6) is 17.2 Å². The molecule has 3 aromatic carbocycles. The Bertz CT molecular complexity index is 1980. The Labute approximate surface area is 356 Å². The third-order valence-corrected chi connectivity index (χ3v) is 11.7. The second kappa shape index (κ2) is 21.5. The number of hydrogen-bond donors (Lipinski definition) is 2. The van der Waals surface area contributed by atoms with E-state index >= 15 is 0 Å². The highest BCUT2D eigenvalue weighted by Crippen LogP contribution is 2.62. The molecule has 6 unspecified atom stereocenters. The van der Waals surface area contributed by atoms with Crippen molar-refractivity contribution in [3.8, 4) is 17.2 Å². The number of carbonyl (C=O) groups is 1. The second-order valence-corrected chi connectivity index (χ2v) is 15.8. The molecule has 6 rings (SSSR count). The lowest BCUT2D eigenvalue weighted by Crippen LogP contribution is -2.70. The lowest BCUT2D eigenvalue weighted by atomic mass is 9.55. The average Bonchev–Trinajstić information content (AvgIpc) is 3.26. The number of halogens is 1. The molecule has 13 nitrogen and oxygen atoms in total. The summed E-state index contributed by atoms with van der Waals surface area (Å²) in [5, 5.41) is 36.3. The quantitative estimate of drug-likeness (QED) is 0.0328. The first-order valence-electron chi connectivity index (χ1n) is 20.9. The van der Waals surface area contributed by atoms with E-state index in [-0.39, 0.29) is 68.8 Å². The Balaban J connectivity index is 1.57. The molecule has 1 saturated carbocycles. The van der Waals surface area contributed by atoms with E-state index in [0.29, 0.717) is 48.8 Å². The monoisotopic (exact) mass is 845 g/mol. The van der Waals surface area contributed by atoms with E-state index in [0.717, 1.165) is 42.4 Å². The van der Waals surface area contributed by atoms with E-state index in [1.54, 1.807) is 29.2 Å². The van der Waals surface area contributed by atoms with Crippen molar-refractivity contribution in [1.29, 1.82) is 0 Å². The van der Waals surface area contributed by atoms with Crippen molar-refractivity contribution in [2.24, 2.45) is 22.9 Å². The number of allylic oxidation sites excluding steroid dienone is 1. The number of aliphatic hydroxyl groups excluding tert-OH is 2. The summed E-state index contributed by atoms with van der Waals surface area (Å²) in [7, 11) is 0. The van der Waals surface area contributed by atoms with Crippen molar-refractivity contribution < 1.29 is 43.7 Å². The van der Waals surface area contributed by atoms with Crippen LogP contribution >= 0.6 is 11.6 Å². The number of nitro benzene ring substituents is 1. The third kappa shape index (κ3) is 10.1. The van der Waals surface area contributed by atoms with Crippen LogP contribution in [0.15, 0.2) is 102 Å². The van der Waals surface area contributed by atoms with Crippen LogP contribution in [0.3, 0.4) is 0 Å². The molecule has 1 amide bonds. The first-order chi connectivity index (χ1) is 29.3. The summed E-state index contributed by atoms with van der Waals surface area (Å²) in [5.74, 6) is -0.841. The van der Waals surface area contributed by atoms with E-state index in [2.05, 4.69) is 12.7 Å². The van der Waals surface area contributed by atoms with Crippen LogP contribution in [-0.4, -0.2) is 82.5 Å². The molecule has 0 aromatic heterocycles. The highest BCUT2D eigenvalue weighted by Gasteiger charge is 2.65. The molecular weight excluding hydrogens is 790 g/mol. The largest absolute Gasteiger partial charge is 0.459 e. The number of non-ortho nitro benzene ring substituents is 1. The zero-order valence-electron chi connectivity index (χ0n) is 34.2. The van der Waals surface area contributed by atoms with E-state index in [9.17, 15) is 25.1 Å². The SMILES string of the molecule is C=CCOC12Oc3ccc(Oc4cccc([N+](=O)[O-])c4)cc3C3C(CCCCO)C(CCCCO)C=C(C(=NOCc4ccccc4)CC1N(CCC)C(=O)OCCCl)C32. The van der Waals surface area contributed by atoms with Gasteiger partial charge in [-0.1, -0.05) is 73.5 Å². The van der Waals surface area contributed by atoms with Crippen molar-refractivity contribution >= 4 is 29.1 Å². The summed E-state index contributed by atoms with van der Waals surface area (Å²) >= 11 is 6.02. The maximum atomic E-state index is 14.1. The maximum absolute atomic E-state index is 14.1. The number of amides is 1. The summed E-state index contributed by atoms with van der Waals surface area (Å²) in [4.78, 5) is 33.1. The van der Waals surface area contributed by atoms with Gasteiger partial charge in [-0.25, -0.2) is 4.79 Å². The Hall–Kier alpha value is -4.95. The van der Waals surface area contributed by atoms with Gasteiger partial charge in [0.25, 0.3) is 5.69 Å². The van der Waals surface area contributed by atoms with Crippen molar-refractivity contribution in [3.05, 3.63) is 118 Å². The van der Waals surface area contributed by atoms with Gasteiger partial charge in [0.05, 0.1) is 35.1 Å². The van der Waals surface area contributed by atoms with Crippen LogP contribution in [0.25, 0.3) is 0 Å². The van der Waals surface area contributed by atoms with Crippen LogP contribution < -0.4 is 9.47 Å². The number of oxime groups is 1. The van der Waals surface area contributed by atoms with Crippen molar-refractivity contribution in [2.75, 3.05) is 38.9 Å². The Morgan fingerprint density at radius 3 is 2.53 bits per heavy atom. The summed E-state index contributed by atoms with van der Waals surface area (Å²) < 4.78 is 26.3. The molecule has 1 heterocycles. The first kappa shape index (κ1) is 44.6. The molecule has 3 aromatic rings. The van der Waals surface area contributed by atoms with Crippen molar-refractivity contribution in [2.45, 2.75) is 82.6 Å². The lowest BCUT2D eigenvalue weighted by Gasteiger charge is -2.59. The Morgan fingerprint density at radius 1 is 1.05 bits per heavy atom. The molecule has 2 N–H and O–H groups in total. The van der Waals surface area contributed by atoms with Crippen molar-refractivity contribution in [1.82, 2.24) is 4.90 Å². The zero-order chi connectivity index (χ0) is 42.5. The maximum Gasteiger partial charge on any atom is 0.410 e. The minimum absolute atomic E-state index is 0.0144. The fourth-order valence-electron chi connectivity index (χ4n) is 9.09. The van der Waals surface area contributed by atoms with Crippen LogP contribution in [0.4, 0.5) is 10.5 Å². The van der Waals surface area contributed by atoms with Gasteiger partial charge in [0, 0.05) is 43.7 Å². The minimum atomic E-state index is -1.46. The molecule has 1 fully saturated rings. The molecule has 0 spiro atoms. The number of unbranched alkanes of at least 4 members (excludes halogenated alkanes) is 2. The number of aliphatic hydroxyl groups is 2. The highest BCUT2D eigenvalue weighted by atomic mass is 35.5. The average molecular weight is 846 g/mol. The molecule has 60 heavy (non-hydrogen) atoms. The van der Waals surface area contributed by atoms with Crippen LogP contribution in [-0.2, 0) is 20.9 Å². The molecular formula is C46H56ClN3O10. The van der Waals surface area contributed by atoms with Crippen molar-refractivity contribution in [3.63, 3.8) is 0 Å². The molecule has 2 aliphatic carbocycles. The predicted molar refractivity (Wildman–Crippen MR) is 228 cm³/mol. The third-order valence-electron chi connectivity index (χ3n) is 11.5. The van der Waals surface area contributed by atoms with Gasteiger partial charge in [0.2, 0.25) is 5.79 Å². The van der Waals surface area contributed by atoms with Gasteiger partial charge in [-0.3, -0.25) is 15.0 Å². The zero-order valence-corrected chi connectivity index (χ0v) is 34.9. The second-order valence-electron chi connectivity index (χ2n) is 15.4. The molecule has 1 aliphatic heterocycles. The molecule has 0 saturated heterocycles. The van der Waals surface area contributed by atoms with Gasteiger partial charge in [0.15, 0.2) is 0 Å². The van der Waals surface area contributed by atoms with E-state index in [1.165, 1.54) is 12.1 Å². The number of hydrogen-bond acceptors (Lipinski definition) is 11. The number of benzene rings is 3. The first-order valence-corrected chi connectivity index (χ1v) is 21.5. The number of nitro groups is 1. The van der Waals surface area contributed by atoms with Gasteiger partial charge in [-0.05, 0) is 79.3 Å². The predicted octanol–water partition coefficient (Wildman–Crippen LogP) is 9.31. The summed E-state index contributed by atoms with van der Waals surface area (Å²) in [6.07, 6.45) is 8.56. The topological polar surface area (TPSA) is 162 Å². The van der Waals surface area contributed by atoms with Crippen LogP contribution in [0.2, 0.25) is 0 Å². The smallest absolute Gasteiger partial charge is 0.410 e. The molecule has 0 bridgehead atoms. The fraction of sp³-hybridized carbons (Fsp3) is 0.478. The van der Waals surface area contributed by atoms with E-state index < -0.39 is 28.8 Å². The Kier molecular flexibility index (Phi) is 16.0. The number of ether oxygens (including phenoxy) is 4. The molecule has 3 aliphatic rings. The molecule has 14 heteroatoms. The van der Waals surface area contributed by atoms with Gasteiger partial charge in [-0.15, -0.1) is 18.2 Å². The van der Waals surface area contributed by atoms with Gasteiger partial charge in [0.1, 0.15) is 36.5 Å². The van der Waals surface area contributed by atoms with Crippen LogP contribution in [0.1, 0.15) is 75.3 Å². The highest BCUT2D eigenvalue weighted by molar-refractivity contribution is 6.18. The molecule has 6 atom stereocenters.